The monoisotopic (exact) mass is 567 g/mol. The van der Waals surface area contributed by atoms with E-state index in [-0.39, 0.29) is 6.42 Å². The first kappa shape index (κ1) is 28.2. The van der Waals surface area contributed by atoms with Crippen LogP contribution in [0.5, 0.6) is 0 Å². The van der Waals surface area contributed by atoms with E-state index in [1.807, 2.05) is 42.5 Å². The minimum Gasteiger partial charge on any atom is -0.480 e. The number of hydrogen-bond donors (Lipinski definition) is 3. The molecule has 10 heteroatoms. The molecule has 3 aromatic carbocycles. The van der Waals surface area contributed by atoms with Crippen molar-refractivity contribution in [1.29, 1.82) is 0 Å². The van der Waals surface area contributed by atoms with Crippen molar-refractivity contribution in [2.45, 2.75) is 39.0 Å². The van der Waals surface area contributed by atoms with E-state index in [1.165, 1.54) is 0 Å². The second kappa shape index (κ2) is 12.8. The Morgan fingerprint density at radius 2 is 1.67 bits per heavy atom. The molecule has 0 spiro atoms. The minimum absolute atomic E-state index is 0.255. The molecule has 0 fully saturated rings. The normalized spacial score (nSPS) is 12.5. The van der Waals surface area contributed by atoms with Crippen molar-refractivity contribution in [1.82, 2.24) is 10.5 Å². The zero-order chi connectivity index (χ0) is 27.9. The van der Waals surface area contributed by atoms with Crippen LogP contribution in [-0.2, 0) is 22.5 Å². The number of carbonyl (C=O) groups is 2. The molecule has 0 saturated carbocycles. The van der Waals surface area contributed by atoms with E-state index in [0.29, 0.717) is 44.9 Å². The highest BCUT2D eigenvalue weighted by atomic mass is 35.5. The number of carboxylic acids is 1. The molecule has 0 radical (unpaired) electrons. The Labute approximate surface area is 235 Å². The van der Waals surface area contributed by atoms with Gasteiger partial charge in [-0.05, 0) is 43.5 Å². The second-order valence-corrected chi connectivity index (χ2v) is 9.74. The highest BCUT2D eigenvalue weighted by molar-refractivity contribution is 6.31. The summed E-state index contributed by atoms with van der Waals surface area (Å²) in [6.07, 6.45) is -0.986. The van der Waals surface area contributed by atoms with Gasteiger partial charge in [-0.15, -0.1) is 0 Å². The number of aliphatic carboxylic acids is 1. The second-order valence-electron chi connectivity index (χ2n) is 8.93. The molecule has 1 heterocycles. The molecule has 202 valence electrons. The lowest BCUT2D eigenvalue weighted by molar-refractivity contribution is -0.139. The summed E-state index contributed by atoms with van der Waals surface area (Å²) in [7, 11) is 0. The maximum atomic E-state index is 12.6. The van der Waals surface area contributed by atoms with E-state index in [2.05, 4.69) is 15.8 Å². The molecule has 1 aromatic heterocycles. The third kappa shape index (κ3) is 7.17. The lowest BCUT2D eigenvalue weighted by atomic mass is 10.0. The summed E-state index contributed by atoms with van der Waals surface area (Å²) in [6.45, 7) is 3.77. The van der Waals surface area contributed by atoms with Gasteiger partial charge in [0.25, 0.3) is 0 Å². The molecular formula is C29H27Cl2N3O5. The van der Waals surface area contributed by atoms with Crippen LogP contribution in [0.3, 0.4) is 0 Å². The Bertz CT molecular complexity index is 1460. The quantitative estimate of drug-likeness (QED) is 0.188. The first-order valence-corrected chi connectivity index (χ1v) is 13.0. The molecule has 0 bridgehead atoms. The number of rotatable bonds is 10. The molecule has 0 aliphatic rings. The van der Waals surface area contributed by atoms with Gasteiger partial charge in [0.05, 0.1) is 0 Å². The fraction of sp³-hybridized carbons (Fsp3) is 0.207. The Morgan fingerprint density at radius 3 is 2.33 bits per heavy atom. The molecule has 1 amide bonds. The molecule has 1 unspecified atom stereocenters. The van der Waals surface area contributed by atoms with Crippen molar-refractivity contribution in [3.63, 3.8) is 0 Å². The number of amides is 1. The van der Waals surface area contributed by atoms with Gasteiger partial charge in [-0.2, -0.15) is 0 Å². The van der Waals surface area contributed by atoms with E-state index in [9.17, 15) is 14.7 Å². The summed E-state index contributed by atoms with van der Waals surface area (Å²) in [5.74, 6) is -0.591. The first-order valence-electron chi connectivity index (χ1n) is 12.2. The third-order valence-electron chi connectivity index (χ3n) is 6.17. The average Bonchev–Trinajstić information content (AvgIpc) is 3.27. The predicted octanol–water partition coefficient (Wildman–Crippen LogP) is 7.05. The third-order valence-corrected chi connectivity index (χ3v) is 6.88. The van der Waals surface area contributed by atoms with E-state index in [0.717, 1.165) is 11.1 Å². The van der Waals surface area contributed by atoms with Crippen LogP contribution < -0.4 is 10.6 Å². The Hall–Kier alpha value is -3.85. The van der Waals surface area contributed by atoms with Crippen LogP contribution in [0.4, 0.5) is 10.5 Å². The molecule has 39 heavy (non-hydrogen) atoms. The van der Waals surface area contributed by atoms with E-state index in [4.69, 9.17) is 32.5 Å². The SMILES string of the molecule is Cc1noc(-c2ccc(CN[C@H](Cc3ccccc3Cl)C(=O)O)cc2)c1NC(=O)OC(C)c1ccccc1Cl. The van der Waals surface area contributed by atoms with Crippen LogP contribution in [0.25, 0.3) is 11.3 Å². The number of anilines is 1. The standard InChI is InChI=1S/C29H27Cl2N3O5/c1-17-26(33-29(37)38-18(2)22-8-4-6-10-24(22)31)27(39-34-17)20-13-11-19(12-14-20)16-32-25(28(35)36)15-21-7-3-5-9-23(21)30/h3-14,18,25,32H,15-16H2,1-2H3,(H,33,37)(H,35,36)/t18?,25-/m1/s1. The van der Waals surface area contributed by atoms with Gasteiger partial charge in [0.15, 0.2) is 5.76 Å². The number of aryl methyl sites for hydroxylation is 1. The van der Waals surface area contributed by atoms with Gasteiger partial charge in [-0.1, -0.05) is 89.0 Å². The van der Waals surface area contributed by atoms with Crippen molar-refractivity contribution < 1.29 is 24.0 Å². The van der Waals surface area contributed by atoms with Gasteiger partial charge in [0.2, 0.25) is 0 Å². The van der Waals surface area contributed by atoms with Gasteiger partial charge >= 0.3 is 12.1 Å². The van der Waals surface area contributed by atoms with Crippen LogP contribution in [0.1, 0.15) is 35.4 Å². The number of halogens is 2. The Kier molecular flexibility index (Phi) is 9.24. The molecular weight excluding hydrogens is 541 g/mol. The maximum Gasteiger partial charge on any atom is 0.412 e. The topological polar surface area (TPSA) is 114 Å². The zero-order valence-corrected chi connectivity index (χ0v) is 22.8. The number of nitrogens with zero attached hydrogens (tertiary/aromatic N) is 1. The molecule has 4 rings (SSSR count). The van der Waals surface area contributed by atoms with Gasteiger partial charge < -0.3 is 19.7 Å². The fourth-order valence-electron chi connectivity index (χ4n) is 4.02. The Balaban J connectivity index is 1.40. The lowest BCUT2D eigenvalue weighted by Gasteiger charge is -2.16. The first-order chi connectivity index (χ1) is 18.7. The summed E-state index contributed by atoms with van der Waals surface area (Å²) in [6, 6.07) is 20.8. The van der Waals surface area contributed by atoms with Crippen LogP contribution in [-0.4, -0.2) is 28.4 Å². The fourth-order valence-corrected chi connectivity index (χ4v) is 4.52. The Morgan fingerprint density at radius 1 is 1.00 bits per heavy atom. The van der Waals surface area contributed by atoms with Crippen molar-refractivity contribution in [3.8, 4) is 11.3 Å². The highest BCUT2D eigenvalue weighted by Crippen LogP contribution is 2.32. The van der Waals surface area contributed by atoms with Crippen molar-refractivity contribution >= 4 is 41.0 Å². The molecule has 0 aliphatic carbocycles. The van der Waals surface area contributed by atoms with Crippen molar-refractivity contribution in [2.24, 2.45) is 0 Å². The van der Waals surface area contributed by atoms with Crippen molar-refractivity contribution in [2.75, 3.05) is 5.32 Å². The summed E-state index contributed by atoms with van der Waals surface area (Å²) < 4.78 is 11.0. The van der Waals surface area contributed by atoms with Crippen LogP contribution in [0.2, 0.25) is 10.0 Å². The zero-order valence-electron chi connectivity index (χ0n) is 21.3. The van der Waals surface area contributed by atoms with Crippen LogP contribution >= 0.6 is 23.2 Å². The number of benzene rings is 3. The van der Waals surface area contributed by atoms with Crippen molar-refractivity contribution in [3.05, 3.63) is 105 Å². The molecule has 4 aromatic rings. The number of aromatic nitrogens is 1. The van der Waals surface area contributed by atoms with Crippen LogP contribution in [0, 0.1) is 6.92 Å². The molecule has 0 saturated heterocycles. The van der Waals surface area contributed by atoms with E-state index < -0.39 is 24.2 Å². The van der Waals surface area contributed by atoms with Crippen LogP contribution in [0.15, 0.2) is 77.3 Å². The largest absolute Gasteiger partial charge is 0.480 e. The molecule has 0 aliphatic heterocycles. The summed E-state index contributed by atoms with van der Waals surface area (Å²) >= 11 is 12.4. The maximum absolute atomic E-state index is 12.6. The number of ether oxygens (including phenoxy) is 1. The number of nitrogens with one attached hydrogen (secondary N) is 2. The molecule has 8 nitrogen and oxygen atoms in total. The summed E-state index contributed by atoms with van der Waals surface area (Å²) in [5, 5.41) is 20.5. The van der Waals surface area contributed by atoms with Gasteiger partial charge in [-0.25, -0.2) is 4.79 Å². The highest BCUT2D eigenvalue weighted by Gasteiger charge is 2.21. The van der Waals surface area contributed by atoms with E-state index in [1.54, 1.807) is 44.2 Å². The summed E-state index contributed by atoms with van der Waals surface area (Å²) in [5.41, 5.74) is 3.88. The molecule has 3 N–H and O–H groups in total. The van der Waals surface area contributed by atoms with Gasteiger partial charge in [0, 0.05) is 27.7 Å². The smallest absolute Gasteiger partial charge is 0.412 e. The van der Waals surface area contributed by atoms with E-state index >= 15 is 0 Å². The minimum atomic E-state index is -0.963. The van der Waals surface area contributed by atoms with Gasteiger partial charge in [0.1, 0.15) is 23.5 Å². The number of carbonyl (C=O) groups excluding carboxylic acids is 1. The lowest BCUT2D eigenvalue weighted by Crippen LogP contribution is -2.38. The number of hydrogen-bond acceptors (Lipinski definition) is 6. The predicted molar refractivity (Wildman–Crippen MR) is 150 cm³/mol. The average molecular weight is 568 g/mol. The number of carboxylic acid groups (broad SMARTS) is 1. The summed E-state index contributed by atoms with van der Waals surface area (Å²) in [4.78, 5) is 24.4. The molecule has 2 atom stereocenters. The van der Waals surface area contributed by atoms with Gasteiger partial charge in [-0.3, -0.25) is 10.1 Å².